The normalized spacial score (nSPS) is 23.8. The molecule has 25 heavy (non-hydrogen) atoms. The molecule has 0 aliphatic carbocycles. The van der Waals surface area contributed by atoms with Crippen molar-refractivity contribution in [1.29, 1.82) is 0 Å². The molecule has 6 nitrogen and oxygen atoms in total. The van der Waals surface area contributed by atoms with E-state index in [1.165, 1.54) is 2.78 Å². The minimum Gasteiger partial charge on any atom is -0.369 e. The van der Waals surface area contributed by atoms with Crippen LogP contribution < -0.4 is 15.5 Å². The van der Waals surface area contributed by atoms with Gasteiger partial charge in [0, 0.05) is 32.7 Å². The molecular formula is C17H21FIN5O. The minimum atomic E-state index is -0.311. The van der Waals surface area contributed by atoms with Crippen LogP contribution in [0.25, 0.3) is 10.9 Å². The van der Waals surface area contributed by atoms with Crippen molar-refractivity contribution in [3.05, 3.63) is 27.9 Å². The quantitative estimate of drug-likeness (QED) is 0.567. The maximum atomic E-state index is 15.1. The summed E-state index contributed by atoms with van der Waals surface area (Å²) in [4.78, 5) is 23.3. The van der Waals surface area contributed by atoms with E-state index in [0.717, 1.165) is 24.0 Å². The van der Waals surface area contributed by atoms with Crippen molar-refractivity contribution in [1.82, 2.24) is 12.7 Å². The number of likely N-dealkylation sites (N-methyl/N-ethyl adjacent to an activating group) is 2. The van der Waals surface area contributed by atoms with Gasteiger partial charge in [0.05, 0.1) is 45.5 Å². The Morgan fingerprint density at radius 2 is 2.00 bits per heavy atom. The molecule has 2 unspecified atom stereocenters. The van der Waals surface area contributed by atoms with Crippen molar-refractivity contribution in [3.8, 4) is 0 Å². The monoisotopic (exact) mass is 457 g/mol. The highest BCUT2D eigenvalue weighted by Crippen LogP contribution is 2.41. The van der Waals surface area contributed by atoms with E-state index >= 15 is 4.39 Å². The fourth-order valence-corrected chi connectivity index (χ4v) is 4.82. The van der Waals surface area contributed by atoms with Gasteiger partial charge in [-0.1, -0.05) is 0 Å². The second-order valence-corrected chi connectivity index (χ2v) is 8.23. The molecule has 0 bridgehead atoms. The molecule has 4 rings (SSSR count). The predicted octanol–water partition coefficient (Wildman–Crippen LogP) is 2.00. The minimum absolute atomic E-state index is 0.158. The predicted molar refractivity (Wildman–Crippen MR) is 107 cm³/mol. The van der Waals surface area contributed by atoms with Gasteiger partial charge in [0.25, 0.3) is 0 Å². The molecule has 2 atom stereocenters. The second-order valence-electron chi connectivity index (χ2n) is 7.26. The Morgan fingerprint density at radius 3 is 2.72 bits per heavy atom. The van der Waals surface area contributed by atoms with Gasteiger partial charge < -0.3 is 14.7 Å². The maximum absolute atomic E-state index is 15.1. The Bertz CT molecular complexity index is 930. The number of hydrogen-bond donors (Lipinski definition) is 0. The Labute approximate surface area is 159 Å². The van der Waals surface area contributed by atoms with E-state index in [2.05, 4.69) is 28.8 Å². The lowest BCUT2D eigenvalue weighted by Crippen LogP contribution is -2.59. The van der Waals surface area contributed by atoms with E-state index in [0.29, 0.717) is 23.6 Å². The fourth-order valence-electron chi connectivity index (χ4n) is 4.33. The summed E-state index contributed by atoms with van der Waals surface area (Å²) in [5, 5.41) is 0.735. The van der Waals surface area contributed by atoms with Gasteiger partial charge in [-0.25, -0.2) is 12.0 Å². The van der Waals surface area contributed by atoms with E-state index in [-0.39, 0.29) is 23.6 Å². The zero-order valence-electron chi connectivity index (χ0n) is 14.8. The van der Waals surface area contributed by atoms with Gasteiger partial charge in [-0.05, 0) is 32.5 Å². The molecule has 0 radical (unpaired) electrons. The molecule has 2 aromatic rings. The van der Waals surface area contributed by atoms with Gasteiger partial charge in [0.2, 0.25) is 0 Å². The average molecular weight is 457 g/mol. The van der Waals surface area contributed by atoms with Crippen molar-refractivity contribution in [2.45, 2.75) is 25.9 Å². The molecule has 0 N–H and O–H groups in total. The van der Waals surface area contributed by atoms with Crippen LogP contribution in [-0.2, 0) is 0 Å². The topological polar surface area (TPSA) is 44.6 Å². The van der Waals surface area contributed by atoms with Crippen LogP contribution >= 0.6 is 22.9 Å². The summed E-state index contributed by atoms with van der Waals surface area (Å²) >= 11 is 1.95. The summed E-state index contributed by atoms with van der Waals surface area (Å²) in [6, 6.07) is 2.11. The highest BCUT2D eigenvalue weighted by molar-refractivity contribution is 14.1. The van der Waals surface area contributed by atoms with E-state index in [9.17, 15) is 4.79 Å². The SMILES string of the molecule is Cc1cc2c3c(nc(=O)n2I)N2C(C)CN(C)CC2CN(C)c3c1F. The van der Waals surface area contributed by atoms with Crippen LogP contribution in [0.3, 0.4) is 0 Å². The molecule has 0 spiro atoms. The lowest BCUT2D eigenvalue weighted by molar-refractivity contribution is 0.234. The van der Waals surface area contributed by atoms with Crippen LogP contribution in [0.1, 0.15) is 12.5 Å². The Balaban J connectivity index is 2.12. The lowest BCUT2D eigenvalue weighted by Gasteiger charge is -2.45. The molecule has 2 aliphatic heterocycles. The molecule has 1 fully saturated rings. The smallest absolute Gasteiger partial charge is 0.359 e. The summed E-state index contributed by atoms with van der Waals surface area (Å²) < 4.78 is 16.6. The summed E-state index contributed by atoms with van der Waals surface area (Å²) in [5.41, 5.74) is 1.51. The first kappa shape index (κ1) is 17.0. The Morgan fingerprint density at radius 1 is 1.28 bits per heavy atom. The highest BCUT2D eigenvalue weighted by Gasteiger charge is 2.38. The summed E-state index contributed by atoms with van der Waals surface area (Å²) in [6.45, 7) is 6.33. The van der Waals surface area contributed by atoms with E-state index < -0.39 is 0 Å². The van der Waals surface area contributed by atoms with Crippen LogP contribution in [0.15, 0.2) is 10.9 Å². The van der Waals surface area contributed by atoms with Crippen molar-refractivity contribution >= 4 is 45.3 Å². The van der Waals surface area contributed by atoms with Crippen molar-refractivity contribution < 1.29 is 4.39 Å². The first-order valence-electron chi connectivity index (χ1n) is 8.39. The van der Waals surface area contributed by atoms with E-state index in [4.69, 9.17) is 0 Å². The molecule has 2 aliphatic rings. The van der Waals surface area contributed by atoms with Crippen LogP contribution in [0, 0.1) is 12.7 Å². The number of nitrogens with zero attached hydrogens (tertiary/aromatic N) is 5. The Hall–Kier alpha value is -1.42. The molecule has 8 heteroatoms. The van der Waals surface area contributed by atoms with Gasteiger partial charge in [-0.15, -0.1) is 0 Å². The zero-order chi connectivity index (χ0) is 18.0. The number of aromatic nitrogens is 2. The highest BCUT2D eigenvalue weighted by atomic mass is 127. The third-order valence-corrected chi connectivity index (χ3v) is 6.21. The van der Waals surface area contributed by atoms with Gasteiger partial charge in [0.1, 0.15) is 11.6 Å². The molecule has 0 saturated carbocycles. The van der Waals surface area contributed by atoms with Crippen LogP contribution in [-0.4, -0.2) is 58.5 Å². The number of fused-ring (bicyclic) bond motifs is 2. The summed E-state index contributed by atoms with van der Waals surface area (Å²) in [7, 11) is 4.02. The average Bonchev–Trinajstić information content (AvgIpc) is 2.64. The van der Waals surface area contributed by atoms with Crippen LogP contribution in [0.4, 0.5) is 15.9 Å². The number of aryl methyl sites for hydroxylation is 1. The third-order valence-electron chi connectivity index (χ3n) is 5.28. The molecule has 1 saturated heterocycles. The van der Waals surface area contributed by atoms with Crippen LogP contribution in [0.2, 0.25) is 0 Å². The first-order chi connectivity index (χ1) is 11.8. The number of anilines is 2. The van der Waals surface area contributed by atoms with Crippen molar-refractivity contribution in [3.63, 3.8) is 0 Å². The molecular weight excluding hydrogens is 436 g/mol. The zero-order valence-corrected chi connectivity index (χ0v) is 16.9. The molecule has 1 aromatic heterocycles. The van der Waals surface area contributed by atoms with Gasteiger partial charge in [0.15, 0.2) is 0 Å². The maximum Gasteiger partial charge on any atom is 0.359 e. The second kappa shape index (κ2) is 5.80. The molecule has 3 heterocycles. The van der Waals surface area contributed by atoms with Crippen molar-refractivity contribution in [2.75, 3.05) is 43.5 Å². The van der Waals surface area contributed by atoms with Gasteiger partial charge in [-0.2, -0.15) is 4.98 Å². The molecule has 0 amide bonds. The fraction of sp³-hybridized carbons (Fsp3) is 0.529. The number of benzene rings is 1. The van der Waals surface area contributed by atoms with Gasteiger partial charge >= 0.3 is 5.69 Å². The van der Waals surface area contributed by atoms with Crippen LogP contribution in [0.5, 0.6) is 0 Å². The van der Waals surface area contributed by atoms with Crippen molar-refractivity contribution in [2.24, 2.45) is 0 Å². The Kier molecular flexibility index (Phi) is 3.95. The van der Waals surface area contributed by atoms with Gasteiger partial charge in [-0.3, -0.25) is 0 Å². The number of rotatable bonds is 0. The number of hydrogen-bond acceptors (Lipinski definition) is 5. The standard InChI is InChI=1S/C17H21FIN5O/c1-9-5-12-13-15(14(9)18)22(4)8-11-7-21(3)6-10(2)23(11)16(13)20-17(25)24(12)19/h5,10-11H,6-8H2,1-4H3. The van der Waals surface area contributed by atoms with E-state index in [1.807, 2.05) is 34.8 Å². The number of piperazine rings is 1. The number of halogens is 2. The first-order valence-corrected chi connectivity index (χ1v) is 9.36. The lowest BCUT2D eigenvalue weighted by atomic mass is 10.1. The largest absolute Gasteiger partial charge is 0.369 e. The molecule has 1 aromatic carbocycles. The summed E-state index contributed by atoms with van der Waals surface area (Å²) in [6.07, 6.45) is 0. The molecule has 134 valence electrons. The van der Waals surface area contributed by atoms with E-state index in [1.54, 1.807) is 13.0 Å². The third kappa shape index (κ3) is 2.44. The summed E-state index contributed by atoms with van der Waals surface area (Å²) in [5.74, 6) is 0.394.